The Morgan fingerprint density at radius 1 is 1.17 bits per heavy atom. The van der Waals surface area contributed by atoms with Crippen LogP contribution in [0.3, 0.4) is 0 Å². The Hall–Kier alpha value is -2.62. The second-order valence-electron chi connectivity index (χ2n) is 4.40. The third kappa shape index (κ3) is 12.8. The molecule has 0 aromatic heterocycles. The van der Waals surface area contributed by atoms with E-state index in [4.69, 9.17) is 0 Å². The molecule has 0 aliphatic heterocycles. The van der Waals surface area contributed by atoms with Gasteiger partial charge in [-0.25, -0.2) is 4.79 Å². The Morgan fingerprint density at radius 3 is 2.43 bits per heavy atom. The summed E-state index contributed by atoms with van der Waals surface area (Å²) in [5.41, 5.74) is 1.07. The predicted octanol–water partition coefficient (Wildman–Crippen LogP) is 4.29. The van der Waals surface area contributed by atoms with Crippen molar-refractivity contribution >= 4 is 18.0 Å². The zero-order valence-corrected chi connectivity index (χ0v) is 13.6. The van der Waals surface area contributed by atoms with Gasteiger partial charge in [0, 0.05) is 6.08 Å². The molecular weight excluding hydrogens is 292 g/mol. The van der Waals surface area contributed by atoms with Crippen molar-refractivity contribution in [3.63, 3.8) is 0 Å². The standard InChI is InChI=1S/C12H12O2.C7H12O2/c1-2-14-12(13)10-6-9-11-7-4-3-5-8-11;1-3-5-6-9-7(8)4-2/h2-9H,1,10H2;4H,2-3,5-6H2,1H3. The summed E-state index contributed by atoms with van der Waals surface area (Å²) in [6, 6.07) is 9.78. The number of unbranched alkanes of at least 4 members (excludes halogenated alkanes) is 1. The van der Waals surface area contributed by atoms with Gasteiger partial charge in [-0.2, -0.15) is 0 Å². The summed E-state index contributed by atoms with van der Waals surface area (Å²) in [6.45, 7) is 9.12. The van der Waals surface area contributed by atoms with Gasteiger partial charge in [-0.15, -0.1) is 0 Å². The van der Waals surface area contributed by atoms with E-state index in [1.54, 1.807) is 6.08 Å². The highest BCUT2D eigenvalue weighted by molar-refractivity contribution is 5.81. The van der Waals surface area contributed by atoms with Gasteiger partial charge >= 0.3 is 11.9 Å². The van der Waals surface area contributed by atoms with Gasteiger partial charge in [0.05, 0.1) is 19.3 Å². The van der Waals surface area contributed by atoms with Gasteiger partial charge in [-0.1, -0.05) is 69.0 Å². The lowest BCUT2D eigenvalue weighted by Crippen LogP contribution is -2.00. The molecule has 0 N–H and O–H groups in total. The molecule has 0 atom stereocenters. The summed E-state index contributed by atoms with van der Waals surface area (Å²) in [7, 11) is 0. The highest BCUT2D eigenvalue weighted by Gasteiger charge is 1.94. The number of esters is 2. The van der Waals surface area contributed by atoms with Crippen molar-refractivity contribution in [3.05, 3.63) is 67.5 Å². The fourth-order valence-electron chi connectivity index (χ4n) is 1.37. The fourth-order valence-corrected chi connectivity index (χ4v) is 1.37. The fraction of sp³-hybridized carbons (Fsp3) is 0.263. The molecule has 4 heteroatoms. The van der Waals surface area contributed by atoms with Gasteiger partial charge in [0.1, 0.15) is 0 Å². The van der Waals surface area contributed by atoms with E-state index in [9.17, 15) is 9.59 Å². The molecule has 0 spiro atoms. The first kappa shape index (κ1) is 20.4. The van der Waals surface area contributed by atoms with Crippen LogP contribution in [0.5, 0.6) is 0 Å². The maximum atomic E-state index is 10.9. The van der Waals surface area contributed by atoms with Crippen LogP contribution in [0.15, 0.2) is 61.9 Å². The highest BCUT2D eigenvalue weighted by Crippen LogP contribution is 2.02. The summed E-state index contributed by atoms with van der Waals surface area (Å²) in [5.74, 6) is -0.629. The molecule has 0 unspecified atom stereocenters. The second-order valence-corrected chi connectivity index (χ2v) is 4.40. The minimum Gasteiger partial charge on any atom is -0.463 e. The normalized spacial score (nSPS) is 9.43. The molecule has 1 aromatic carbocycles. The molecule has 124 valence electrons. The quantitative estimate of drug-likeness (QED) is 0.311. The van der Waals surface area contributed by atoms with E-state index in [0.717, 1.165) is 24.7 Å². The Morgan fingerprint density at radius 2 is 1.87 bits per heavy atom. The Balaban J connectivity index is 0.000000468. The average Bonchev–Trinajstić information content (AvgIpc) is 2.57. The van der Waals surface area contributed by atoms with Crippen molar-refractivity contribution in [2.45, 2.75) is 26.2 Å². The number of carbonyl (C=O) groups excluding carboxylic acids is 2. The van der Waals surface area contributed by atoms with Crippen LogP contribution in [0.25, 0.3) is 6.08 Å². The number of carbonyl (C=O) groups is 2. The molecule has 4 nitrogen and oxygen atoms in total. The van der Waals surface area contributed by atoms with Crippen LogP contribution in [0.1, 0.15) is 31.7 Å². The van der Waals surface area contributed by atoms with E-state index >= 15 is 0 Å². The number of hydrogen-bond donors (Lipinski definition) is 0. The van der Waals surface area contributed by atoms with Gasteiger partial charge in [0.15, 0.2) is 0 Å². The van der Waals surface area contributed by atoms with E-state index in [1.165, 1.54) is 6.08 Å². The number of ether oxygens (including phenoxy) is 2. The lowest BCUT2D eigenvalue weighted by molar-refractivity contribution is -0.138. The monoisotopic (exact) mass is 316 g/mol. The molecule has 0 saturated carbocycles. The second kappa shape index (κ2) is 14.3. The number of rotatable bonds is 8. The van der Waals surface area contributed by atoms with Crippen molar-refractivity contribution in [2.24, 2.45) is 0 Å². The summed E-state index contributed by atoms with van der Waals surface area (Å²) in [5, 5.41) is 0. The molecule has 0 amide bonds. The van der Waals surface area contributed by atoms with Crippen molar-refractivity contribution in [3.8, 4) is 0 Å². The van der Waals surface area contributed by atoms with E-state index in [-0.39, 0.29) is 18.4 Å². The molecule has 0 fully saturated rings. The summed E-state index contributed by atoms with van der Waals surface area (Å²) in [6.07, 6.45) is 8.20. The largest absolute Gasteiger partial charge is 0.463 e. The minimum atomic E-state index is -0.330. The van der Waals surface area contributed by atoms with Gasteiger partial charge < -0.3 is 9.47 Å². The van der Waals surface area contributed by atoms with Gasteiger partial charge in [0.2, 0.25) is 0 Å². The van der Waals surface area contributed by atoms with Crippen LogP contribution >= 0.6 is 0 Å². The Kier molecular flexibility index (Phi) is 12.7. The van der Waals surface area contributed by atoms with Crippen LogP contribution in [0.2, 0.25) is 0 Å². The molecule has 1 rings (SSSR count). The first-order valence-electron chi connectivity index (χ1n) is 7.45. The molecule has 0 saturated heterocycles. The van der Waals surface area contributed by atoms with Crippen molar-refractivity contribution < 1.29 is 19.1 Å². The summed E-state index contributed by atoms with van der Waals surface area (Å²) >= 11 is 0. The van der Waals surface area contributed by atoms with E-state index < -0.39 is 0 Å². The zero-order valence-electron chi connectivity index (χ0n) is 13.6. The predicted molar refractivity (Wildman–Crippen MR) is 92.4 cm³/mol. The molecule has 0 heterocycles. The van der Waals surface area contributed by atoms with E-state index in [2.05, 4.69) is 22.6 Å². The van der Waals surface area contributed by atoms with Gasteiger partial charge in [-0.3, -0.25) is 4.79 Å². The van der Waals surface area contributed by atoms with Gasteiger partial charge in [0.25, 0.3) is 0 Å². The third-order valence-corrected chi connectivity index (χ3v) is 2.52. The minimum absolute atomic E-state index is 0.265. The van der Waals surface area contributed by atoms with Crippen molar-refractivity contribution in [1.29, 1.82) is 0 Å². The van der Waals surface area contributed by atoms with Crippen LogP contribution in [-0.4, -0.2) is 18.5 Å². The Bertz CT molecular complexity index is 503. The third-order valence-electron chi connectivity index (χ3n) is 2.52. The molecule has 1 aromatic rings. The van der Waals surface area contributed by atoms with E-state index in [0.29, 0.717) is 6.61 Å². The lowest BCUT2D eigenvalue weighted by atomic mass is 10.2. The van der Waals surface area contributed by atoms with Crippen molar-refractivity contribution in [1.82, 2.24) is 0 Å². The molecule has 23 heavy (non-hydrogen) atoms. The van der Waals surface area contributed by atoms with Gasteiger partial charge in [-0.05, 0) is 12.0 Å². The first-order valence-corrected chi connectivity index (χ1v) is 7.45. The average molecular weight is 316 g/mol. The lowest BCUT2D eigenvalue weighted by Gasteiger charge is -1.97. The maximum absolute atomic E-state index is 10.9. The number of benzene rings is 1. The molecule has 0 radical (unpaired) electrons. The summed E-state index contributed by atoms with van der Waals surface area (Å²) < 4.78 is 9.23. The van der Waals surface area contributed by atoms with Crippen LogP contribution in [-0.2, 0) is 19.1 Å². The SMILES string of the molecule is C=CC(=O)OCCCC.C=COC(=O)CC=Cc1ccccc1. The van der Waals surface area contributed by atoms with Crippen molar-refractivity contribution in [2.75, 3.05) is 6.61 Å². The van der Waals surface area contributed by atoms with E-state index in [1.807, 2.05) is 43.3 Å². The maximum Gasteiger partial charge on any atom is 0.330 e. The molecular formula is C19H24O4. The van der Waals surface area contributed by atoms with Crippen LogP contribution in [0.4, 0.5) is 0 Å². The smallest absolute Gasteiger partial charge is 0.330 e. The topological polar surface area (TPSA) is 52.6 Å². The van der Waals surface area contributed by atoms with Crippen LogP contribution in [0, 0.1) is 0 Å². The number of hydrogen-bond acceptors (Lipinski definition) is 4. The molecule has 0 aliphatic rings. The summed E-state index contributed by atoms with van der Waals surface area (Å²) in [4.78, 5) is 21.2. The molecule has 0 bridgehead atoms. The first-order chi connectivity index (χ1) is 11.1. The Labute approximate surface area is 138 Å². The zero-order chi connectivity index (χ0) is 17.3. The highest BCUT2D eigenvalue weighted by atomic mass is 16.5. The van der Waals surface area contributed by atoms with Crippen LogP contribution < -0.4 is 0 Å². The molecule has 0 aliphatic carbocycles.